The lowest BCUT2D eigenvalue weighted by molar-refractivity contribution is -0.684. The Kier molecular flexibility index (Phi) is 10.9. The van der Waals surface area contributed by atoms with Crippen LogP contribution in [0.2, 0.25) is 0 Å². The Balaban J connectivity index is 0.00000484. The second kappa shape index (κ2) is 11.8. The van der Waals surface area contributed by atoms with Crippen molar-refractivity contribution in [2.24, 2.45) is 0 Å². The van der Waals surface area contributed by atoms with E-state index in [1.807, 2.05) is 18.2 Å². The third-order valence-electron chi connectivity index (χ3n) is 3.22. The SMILES string of the molecule is CC(=O)NCCCC[C@@H](NC(=O)C[n+]1ccccc1)C(C)=O.[Br-]. The summed E-state index contributed by atoms with van der Waals surface area (Å²) in [5.41, 5.74) is 0. The number of hydrogen-bond acceptors (Lipinski definition) is 3. The van der Waals surface area contributed by atoms with Crippen LogP contribution in [-0.4, -0.2) is 30.2 Å². The molecule has 1 rings (SSSR count). The van der Waals surface area contributed by atoms with Crippen molar-refractivity contribution >= 4 is 17.6 Å². The first-order valence-electron chi connectivity index (χ1n) is 7.47. The number of nitrogens with one attached hydrogen (secondary N) is 2. The van der Waals surface area contributed by atoms with Crippen molar-refractivity contribution in [3.8, 4) is 0 Å². The van der Waals surface area contributed by atoms with E-state index in [0.29, 0.717) is 13.0 Å². The Hall–Kier alpha value is -1.76. The quantitative estimate of drug-likeness (QED) is 0.360. The Morgan fingerprint density at radius 1 is 1.04 bits per heavy atom. The van der Waals surface area contributed by atoms with Gasteiger partial charge in [-0.25, -0.2) is 0 Å². The fourth-order valence-electron chi connectivity index (χ4n) is 2.06. The van der Waals surface area contributed by atoms with Crippen LogP contribution in [-0.2, 0) is 20.9 Å². The topological polar surface area (TPSA) is 79.2 Å². The summed E-state index contributed by atoms with van der Waals surface area (Å²) in [5.74, 6) is -0.291. The molecule has 0 aliphatic rings. The Morgan fingerprint density at radius 2 is 1.70 bits per heavy atom. The maximum absolute atomic E-state index is 12.0. The zero-order chi connectivity index (χ0) is 16.4. The van der Waals surface area contributed by atoms with Crippen LogP contribution in [0.25, 0.3) is 0 Å². The molecule has 23 heavy (non-hydrogen) atoms. The molecule has 0 spiro atoms. The van der Waals surface area contributed by atoms with E-state index >= 15 is 0 Å². The number of unbranched alkanes of at least 4 members (excludes halogenated alkanes) is 1. The van der Waals surface area contributed by atoms with Crippen molar-refractivity contribution in [3.05, 3.63) is 30.6 Å². The Labute approximate surface area is 147 Å². The normalized spacial score (nSPS) is 11.0. The molecule has 0 aromatic carbocycles. The van der Waals surface area contributed by atoms with Crippen LogP contribution in [0.4, 0.5) is 0 Å². The monoisotopic (exact) mass is 385 g/mol. The van der Waals surface area contributed by atoms with Crippen molar-refractivity contribution in [2.75, 3.05) is 6.54 Å². The Morgan fingerprint density at radius 3 is 2.26 bits per heavy atom. The van der Waals surface area contributed by atoms with Crippen molar-refractivity contribution in [1.29, 1.82) is 0 Å². The van der Waals surface area contributed by atoms with Crippen LogP contribution < -0.4 is 32.2 Å². The molecule has 1 atom stereocenters. The van der Waals surface area contributed by atoms with E-state index in [4.69, 9.17) is 0 Å². The van der Waals surface area contributed by atoms with E-state index in [9.17, 15) is 14.4 Å². The minimum absolute atomic E-state index is 0. The molecule has 0 saturated heterocycles. The van der Waals surface area contributed by atoms with Crippen molar-refractivity contribution in [2.45, 2.75) is 45.7 Å². The highest BCUT2D eigenvalue weighted by Crippen LogP contribution is 2.02. The van der Waals surface area contributed by atoms with Crippen LogP contribution >= 0.6 is 0 Å². The molecule has 0 saturated carbocycles. The lowest BCUT2D eigenvalue weighted by Gasteiger charge is -2.14. The molecule has 1 aromatic heterocycles. The van der Waals surface area contributed by atoms with Crippen LogP contribution in [0.5, 0.6) is 0 Å². The second-order valence-electron chi connectivity index (χ2n) is 5.26. The zero-order valence-electron chi connectivity index (χ0n) is 13.5. The van der Waals surface area contributed by atoms with Gasteiger partial charge in [-0.05, 0) is 26.2 Å². The minimum Gasteiger partial charge on any atom is -1.00 e. The molecule has 7 heteroatoms. The van der Waals surface area contributed by atoms with Gasteiger partial charge in [-0.2, -0.15) is 4.57 Å². The molecule has 0 radical (unpaired) electrons. The zero-order valence-corrected chi connectivity index (χ0v) is 15.1. The van der Waals surface area contributed by atoms with E-state index in [2.05, 4.69) is 10.6 Å². The number of carbonyl (C=O) groups excluding carboxylic acids is 3. The van der Waals surface area contributed by atoms with Crippen LogP contribution in [0.1, 0.15) is 33.1 Å². The minimum atomic E-state index is -0.464. The first kappa shape index (κ1) is 21.2. The molecule has 0 bridgehead atoms. The first-order valence-corrected chi connectivity index (χ1v) is 7.47. The van der Waals surface area contributed by atoms with Gasteiger partial charge in [0.2, 0.25) is 12.5 Å². The van der Waals surface area contributed by atoms with E-state index in [-0.39, 0.29) is 41.1 Å². The Bertz CT molecular complexity index is 509. The molecule has 2 N–H and O–H groups in total. The van der Waals surface area contributed by atoms with Gasteiger partial charge in [0.1, 0.15) is 0 Å². The highest BCUT2D eigenvalue weighted by atomic mass is 79.9. The van der Waals surface area contributed by atoms with Crippen LogP contribution in [0.15, 0.2) is 30.6 Å². The molecular formula is C16H24BrN3O3. The maximum Gasteiger partial charge on any atom is 0.286 e. The van der Waals surface area contributed by atoms with Gasteiger partial charge >= 0.3 is 0 Å². The van der Waals surface area contributed by atoms with Gasteiger partial charge < -0.3 is 27.6 Å². The van der Waals surface area contributed by atoms with Gasteiger partial charge in [0.05, 0.1) is 6.04 Å². The van der Waals surface area contributed by atoms with E-state index in [1.54, 1.807) is 17.0 Å². The number of pyridine rings is 1. The highest BCUT2D eigenvalue weighted by molar-refractivity contribution is 5.86. The number of ketones is 1. The summed E-state index contributed by atoms with van der Waals surface area (Å²) in [7, 11) is 0. The molecule has 1 aromatic rings. The van der Waals surface area contributed by atoms with Gasteiger partial charge in [0, 0.05) is 25.6 Å². The predicted molar refractivity (Wildman–Crippen MR) is 81.8 cm³/mol. The molecule has 0 aliphatic carbocycles. The maximum atomic E-state index is 12.0. The van der Waals surface area contributed by atoms with Gasteiger partial charge in [0.25, 0.3) is 5.91 Å². The summed E-state index contributed by atoms with van der Waals surface area (Å²) in [6.07, 6.45) is 5.74. The molecule has 2 amide bonds. The van der Waals surface area contributed by atoms with Crippen LogP contribution in [0, 0.1) is 0 Å². The number of nitrogens with zero attached hydrogens (tertiary/aromatic N) is 1. The van der Waals surface area contributed by atoms with Gasteiger partial charge in [-0.3, -0.25) is 14.4 Å². The van der Waals surface area contributed by atoms with Gasteiger partial charge in [-0.1, -0.05) is 6.07 Å². The average Bonchev–Trinajstić information content (AvgIpc) is 2.46. The highest BCUT2D eigenvalue weighted by Gasteiger charge is 2.18. The van der Waals surface area contributed by atoms with Gasteiger partial charge in [-0.15, -0.1) is 0 Å². The number of halogens is 1. The molecule has 0 aliphatic heterocycles. The fourth-order valence-corrected chi connectivity index (χ4v) is 2.06. The molecule has 128 valence electrons. The smallest absolute Gasteiger partial charge is 0.286 e. The van der Waals surface area contributed by atoms with E-state index in [1.165, 1.54) is 13.8 Å². The van der Waals surface area contributed by atoms with Crippen molar-refractivity contribution in [1.82, 2.24) is 10.6 Å². The average molecular weight is 386 g/mol. The summed E-state index contributed by atoms with van der Waals surface area (Å²) in [6.45, 7) is 3.73. The third-order valence-corrected chi connectivity index (χ3v) is 3.22. The second-order valence-corrected chi connectivity index (χ2v) is 5.26. The summed E-state index contributed by atoms with van der Waals surface area (Å²) >= 11 is 0. The number of Topliss-reactive ketones (excluding diaryl/α,β-unsaturated/α-hetero) is 1. The molecule has 0 unspecified atom stereocenters. The number of amides is 2. The summed E-state index contributed by atoms with van der Waals surface area (Å²) in [5, 5.41) is 5.48. The summed E-state index contributed by atoms with van der Waals surface area (Å²) < 4.78 is 1.75. The fraction of sp³-hybridized carbons (Fsp3) is 0.500. The third kappa shape index (κ3) is 9.78. The largest absolute Gasteiger partial charge is 1.00 e. The van der Waals surface area contributed by atoms with E-state index in [0.717, 1.165) is 12.8 Å². The molecule has 0 fully saturated rings. The standard InChI is InChI=1S/C16H23N3O3.BrH/c1-13(20)15(8-4-5-9-17-14(2)21)18-16(22)12-19-10-6-3-7-11-19;/h3,6-7,10-11,15H,4-5,8-9,12H2,1-2H3,(H-,17,18,21,22);1H/t15-;/m1./s1. The number of hydrogen-bond donors (Lipinski definition) is 2. The molecule has 1 heterocycles. The lowest BCUT2D eigenvalue weighted by atomic mass is 10.1. The summed E-state index contributed by atoms with van der Waals surface area (Å²) in [4.78, 5) is 34.3. The van der Waals surface area contributed by atoms with Crippen LogP contribution in [0.3, 0.4) is 0 Å². The number of rotatable bonds is 9. The summed E-state index contributed by atoms with van der Waals surface area (Å²) in [6, 6.07) is 5.10. The number of aromatic nitrogens is 1. The molecule has 6 nitrogen and oxygen atoms in total. The first-order chi connectivity index (χ1) is 10.5. The van der Waals surface area contributed by atoms with Crippen molar-refractivity contribution in [3.63, 3.8) is 0 Å². The molecular weight excluding hydrogens is 362 g/mol. The lowest BCUT2D eigenvalue weighted by Crippen LogP contribution is -3.00. The van der Waals surface area contributed by atoms with Gasteiger partial charge in [0.15, 0.2) is 18.2 Å². The van der Waals surface area contributed by atoms with Crippen molar-refractivity contribution < 1.29 is 35.9 Å². The predicted octanol–water partition coefficient (Wildman–Crippen LogP) is -2.64. The van der Waals surface area contributed by atoms with E-state index < -0.39 is 6.04 Å². The number of carbonyl (C=O) groups is 3.